The summed E-state index contributed by atoms with van der Waals surface area (Å²) in [5.41, 5.74) is 21.5. The maximum absolute atomic E-state index is 13.7. The zero-order valence-corrected chi connectivity index (χ0v) is 37.8. The molecular formula is C47H53N17O4. The van der Waals surface area contributed by atoms with Crippen molar-refractivity contribution >= 4 is 57.7 Å². The first-order valence-corrected chi connectivity index (χ1v) is 23.3. The lowest BCUT2D eigenvalue weighted by atomic mass is 9.97. The number of aromatic nitrogens is 9. The Labute approximate surface area is 391 Å². The van der Waals surface area contributed by atoms with Gasteiger partial charge in [0, 0.05) is 121 Å². The van der Waals surface area contributed by atoms with Crippen molar-refractivity contribution in [2.24, 2.45) is 0 Å². The summed E-state index contributed by atoms with van der Waals surface area (Å²) in [6.45, 7) is 11.1. The third-order valence-electron chi connectivity index (χ3n) is 13.4. The van der Waals surface area contributed by atoms with E-state index in [9.17, 15) is 9.59 Å². The molecule has 11 rings (SSSR count). The van der Waals surface area contributed by atoms with Gasteiger partial charge >= 0.3 is 0 Å². The van der Waals surface area contributed by atoms with Gasteiger partial charge in [-0.15, -0.1) is 0 Å². The van der Waals surface area contributed by atoms with Crippen molar-refractivity contribution in [3.05, 3.63) is 94.8 Å². The quantitative estimate of drug-likeness (QED) is 0.149. The van der Waals surface area contributed by atoms with Crippen molar-refractivity contribution in [1.29, 1.82) is 0 Å². The van der Waals surface area contributed by atoms with E-state index >= 15 is 0 Å². The Morgan fingerprint density at radius 1 is 0.765 bits per heavy atom. The molecule has 68 heavy (non-hydrogen) atoms. The number of ether oxygens (including phenoxy) is 1. The van der Waals surface area contributed by atoms with Crippen LogP contribution in [0.25, 0.3) is 33.4 Å². The van der Waals surface area contributed by atoms with Gasteiger partial charge in [0.15, 0.2) is 11.2 Å². The Morgan fingerprint density at radius 2 is 1.57 bits per heavy atom. The normalized spacial score (nSPS) is 16.6. The number of hydrogen-bond donors (Lipinski definition) is 3. The number of rotatable bonds is 12. The summed E-state index contributed by atoms with van der Waals surface area (Å²) in [7, 11) is 0. The molecule has 0 bridgehead atoms. The Kier molecular flexibility index (Phi) is 11.9. The molecule has 4 aliphatic rings. The zero-order valence-electron chi connectivity index (χ0n) is 37.8. The number of piperazine rings is 2. The van der Waals surface area contributed by atoms with Crippen LogP contribution in [0.2, 0.25) is 0 Å². The van der Waals surface area contributed by atoms with Gasteiger partial charge in [0.05, 0.1) is 42.8 Å². The van der Waals surface area contributed by atoms with Gasteiger partial charge in [-0.05, 0) is 41.3 Å². The van der Waals surface area contributed by atoms with Gasteiger partial charge in [0.2, 0.25) is 17.8 Å². The molecule has 0 unspecified atom stereocenters. The molecule has 2 aromatic carbocycles. The van der Waals surface area contributed by atoms with E-state index in [1.807, 2.05) is 38.9 Å². The topological polar surface area (TPSA) is 245 Å². The Morgan fingerprint density at radius 3 is 2.43 bits per heavy atom. The van der Waals surface area contributed by atoms with Gasteiger partial charge in [-0.1, -0.05) is 18.2 Å². The lowest BCUT2D eigenvalue weighted by Gasteiger charge is -2.35. The van der Waals surface area contributed by atoms with Crippen LogP contribution in [-0.4, -0.2) is 156 Å². The number of anilines is 4. The highest BCUT2D eigenvalue weighted by molar-refractivity contribution is 5.99. The van der Waals surface area contributed by atoms with Crippen LogP contribution >= 0.6 is 0 Å². The number of carbonyl (C=O) groups excluding carboxylic acids is 2. The number of carbonyl (C=O) groups is 2. The molecule has 2 saturated heterocycles. The molecule has 7 aromatic rings. The van der Waals surface area contributed by atoms with E-state index in [-0.39, 0.29) is 17.8 Å². The number of nitrogen functional groups attached to an aromatic ring is 2. The first-order chi connectivity index (χ1) is 33.3. The van der Waals surface area contributed by atoms with Crippen LogP contribution in [0.15, 0.2) is 65.7 Å². The summed E-state index contributed by atoms with van der Waals surface area (Å²) >= 11 is 0. The van der Waals surface area contributed by atoms with Crippen LogP contribution in [0.5, 0.6) is 0 Å². The molecule has 5 N–H and O–H groups in total. The largest absolute Gasteiger partial charge is 0.424 e. The number of hydrogen-bond acceptors (Lipinski definition) is 18. The fourth-order valence-electron chi connectivity index (χ4n) is 9.58. The highest BCUT2D eigenvalue weighted by Gasteiger charge is 2.27. The van der Waals surface area contributed by atoms with Crippen LogP contribution < -0.4 is 26.6 Å². The number of amides is 2. The molecule has 2 fully saturated rings. The van der Waals surface area contributed by atoms with E-state index in [1.165, 1.54) is 17.5 Å². The smallest absolute Gasteiger partial charge is 0.292 e. The molecule has 5 aromatic heterocycles. The van der Waals surface area contributed by atoms with Gasteiger partial charge in [0.25, 0.3) is 11.9 Å². The number of fused-ring (bicyclic) bond motifs is 4. The number of nitrogens with zero attached hydrogens (tertiary/aromatic N) is 14. The summed E-state index contributed by atoms with van der Waals surface area (Å²) in [6, 6.07) is 12.0. The summed E-state index contributed by atoms with van der Waals surface area (Å²) in [5.74, 6) is 1.76. The van der Waals surface area contributed by atoms with E-state index in [2.05, 4.69) is 68.1 Å². The number of oxazole rings is 1. The number of nitrogens with two attached hydrogens (primary N) is 2. The van der Waals surface area contributed by atoms with Crippen LogP contribution in [0.1, 0.15) is 44.7 Å². The minimum Gasteiger partial charge on any atom is -0.424 e. The van der Waals surface area contributed by atoms with E-state index in [4.69, 9.17) is 30.7 Å². The van der Waals surface area contributed by atoms with Crippen molar-refractivity contribution < 1.29 is 18.7 Å². The minimum absolute atomic E-state index is 0.0891. The van der Waals surface area contributed by atoms with Gasteiger partial charge in [-0.25, -0.2) is 34.6 Å². The van der Waals surface area contributed by atoms with E-state index in [1.54, 1.807) is 12.4 Å². The third kappa shape index (κ3) is 8.94. The Balaban J connectivity index is 0.618. The van der Waals surface area contributed by atoms with Gasteiger partial charge in [-0.2, -0.15) is 10.1 Å². The van der Waals surface area contributed by atoms with Crippen LogP contribution in [0.3, 0.4) is 0 Å². The summed E-state index contributed by atoms with van der Waals surface area (Å²) < 4.78 is 13.2. The summed E-state index contributed by atoms with van der Waals surface area (Å²) in [5, 5.41) is 8.97. The second kappa shape index (κ2) is 18.7. The molecule has 0 radical (unpaired) electrons. The number of benzene rings is 2. The highest BCUT2D eigenvalue weighted by Crippen LogP contribution is 2.33. The maximum Gasteiger partial charge on any atom is 0.292 e. The fourth-order valence-corrected chi connectivity index (χ4v) is 9.58. The van der Waals surface area contributed by atoms with Crippen molar-refractivity contribution in [3.63, 3.8) is 0 Å². The molecule has 21 nitrogen and oxygen atoms in total. The SMILES string of the molecule is Nc1nc2cc(-c3nn(Cc4ccc5c(c4)CCN(C(=O)c4cnc(N6CCN(CCOCCC(=O)N7CCN(c8ncc9c(n8)CCNC9)CC7)CC6)nc4)C5)c4ncnc(N)c34)ccc2o1. The fraction of sp³-hybridized carbons (Fsp3) is 0.404. The van der Waals surface area contributed by atoms with Gasteiger partial charge in [-0.3, -0.25) is 14.5 Å². The van der Waals surface area contributed by atoms with Crippen molar-refractivity contribution in [3.8, 4) is 11.3 Å². The summed E-state index contributed by atoms with van der Waals surface area (Å²) in [6.07, 6.45) is 8.68. The molecule has 21 heteroatoms. The molecule has 0 spiro atoms. The van der Waals surface area contributed by atoms with Crippen molar-refractivity contribution in [2.75, 3.05) is 106 Å². The predicted molar refractivity (Wildman–Crippen MR) is 253 cm³/mol. The lowest BCUT2D eigenvalue weighted by Crippen LogP contribution is -2.49. The summed E-state index contributed by atoms with van der Waals surface area (Å²) in [4.78, 5) is 68.8. The third-order valence-corrected chi connectivity index (χ3v) is 13.4. The second-order valence-electron chi connectivity index (χ2n) is 17.7. The van der Waals surface area contributed by atoms with E-state index in [0.29, 0.717) is 104 Å². The zero-order chi connectivity index (χ0) is 46.1. The average Bonchev–Trinajstić information content (AvgIpc) is 3.95. The monoisotopic (exact) mass is 919 g/mol. The van der Waals surface area contributed by atoms with Gasteiger partial charge < -0.3 is 45.5 Å². The molecule has 0 aliphatic carbocycles. The highest BCUT2D eigenvalue weighted by atomic mass is 16.5. The van der Waals surface area contributed by atoms with Crippen LogP contribution in [-0.2, 0) is 42.0 Å². The molecular weight excluding hydrogens is 867 g/mol. The molecule has 4 aliphatic heterocycles. The van der Waals surface area contributed by atoms with E-state index < -0.39 is 0 Å². The predicted octanol–water partition coefficient (Wildman–Crippen LogP) is 2.15. The van der Waals surface area contributed by atoms with E-state index in [0.717, 1.165) is 93.7 Å². The molecule has 2 amide bonds. The van der Waals surface area contributed by atoms with Crippen LogP contribution in [0, 0.1) is 0 Å². The minimum atomic E-state index is -0.0891. The Bertz CT molecular complexity index is 2980. The van der Waals surface area contributed by atoms with Gasteiger partial charge in [0.1, 0.15) is 23.4 Å². The Hall–Kier alpha value is -7.36. The standard InChI is InChI=1S/C47H53N17O4/c48-42-40-41(32-3-4-38-37(22-32)56-45(49)68-38)58-64(43(40)55-29-54-42)27-30-1-2-33-28-63(9-6-31(33)21-30)44(66)35-25-51-46(52-26-35)61-12-10-59(11-13-61)18-20-67-19-7-39(65)60-14-16-62(17-15-60)47-53-24-34-23-50-8-5-36(34)57-47/h1-4,21-22,24-26,29,50H,5-20,23,27-28H2,(H2,49,56)(H2,48,54,55). The maximum atomic E-state index is 13.7. The van der Waals surface area contributed by atoms with Crippen molar-refractivity contribution in [1.82, 2.24) is 64.7 Å². The first kappa shape index (κ1) is 43.2. The molecule has 0 atom stereocenters. The molecule has 9 heterocycles. The molecule has 350 valence electrons. The first-order valence-electron chi connectivity index (χ1n) is 23.3. The number of nitrogens with one attached hydrogen (secondary N) is 1. The van der Waals surface area contributed by atoms with Crippen molar-refractivity contribution in [2.45, 2.75) is 38.9 Å². The average molecular weight is 920 g/mol. The molecule has 0 saturated carbocycles. The second-order valence-corrected chi connectivity index (χ2v) is 17.7. The lowest BCUT2D eigenvalue weighted by molar-refractivity contribution is -0.132. The van der Waals surface area contributed by atoms with Crippen LogP contribution in [0.4, 0.5) is 23.7 Å².